The molecule has 1 aliphatic carbocycles. The third kappa shape index (κ3) is 5.43. The maximum absolute atomic E-state index is 12.7. The number of fused-ring (bicyclic) bond motifs is 1. The lowest BCUT2D eigenvalue weighted by Crippen LogP contribution is -2.32. The van der Waals surface area contributed by atoms with Gasteiger partial charge in [-0.1, -0.05) is 56.3 Å². The van der Waals surface area contributed by atoms with E-state index in [2.05, 4.69) is 77.2 Å². The Bertz CT molecular complexity index is 835. The molecule has 0 fully saturated rings. The zero-order valence-corrected chi connectivity index (χ0v) is 19.5. The van der Waals surface area contributed by atoms with Gasteiger partial charge in [-0.25, -0.2) is 0 Å². The number of unbranched alkanes of at least 4 members (excludes halogenated alkanes) is 1. The van der Waals surface area contributed by atoms with Gasteiger partial charge >= 0.3 is 0 Å². The molecule has 1 aromatic heterocycles. The highest BCUT2D eigenvalue weighted by Gasteiger charge is 2.24. The van der Waals surface area contributed by atoms with Crippen LogP contribution in [-0.4, -0.2) is 45.4 Å². The summed E-state index contributed by atoms with van der Waals surface area (Å²) in [6.07, 6.45) is 6.39. The van der Waals surface area contributed by atoms with Crippen molar-refractivity contribution >= 4 is 17.7 Å². The number of hydrogen-bond acceptors (Lipinski definition) is 5. The summed E-state index contributed by atoms with van der Waals surface area (Å²) in [5.74, 6) is 1.43. The molecule has 0 saturated carbocycles. The highest BCUT2D eigenvalue weighted by atomic mass is 32.2. The minimum absolute atomic E-state index is 0.0629. The SMILES string of the molecule is CCCCn1c(SCC(=O)N[C@@H]2CCCc3ccccc32)nnc1[C@@H](CC)N(C)C. The van der Waals surface area contributed by atoms with E-state index in [4.69, 9.17) is 0 Å². The van der Waals surface area contributed by atoms with Crippen molar-refractivity contribution in [1.82, 2.24) is 25.0 Å². The summed E-state index contributed by atoms with van der Waals surface area (Å²) in [4.78, 5) is 14.9. The van der Waals surface area contributed by atoms with Gasteiger partial charge in [0, 0.05) is 6.54 Å². The molecule has 0 aliphatic heterocycles. The predicted molar refractivity (Wildman–Crippen MR) is 123 cm³/mol. The van der Waals surface area contributed by atoms with Crippen LogP contribution in [-0.2, 0) is 17.8 Å². The van der Waals surface area contributed by atoms with Crippen molar-refractivity contribution in [3.05, 3.63) is 41.2 Å². The normalized spacial score (nSPS) is 17.0. The average molecular weight is 430 g/mol. The first-order chi connectivity index (χ1) is 14.5. The fourth-order valence-corrected chi connectivity index (χ4v) is 5.01. The molecular weight excluding hydrogens is 394 g/mol. The first kappa shape index (κ1) is 22.8. The van der Waals surface area contributed by atoms with Gasteiger partial charge in [-0.2, -0.15) is 0 Å². The van der Waals surface area contributed by atoms with Crippen molar-refractivity contribution < 1.29 is 4.79 Å². The summed E-state index contributed by atoms with van der Waals surface area (Å²) < 4.78 is 2.21. The van der Waals surface area contributed by atoms with E-state index in [1.807, 2.05) is 0 Å². The van der Waals surface area contributed by atoms with Crippen molar-refractivity contribution in [2.45, 2.75) is 76.2 Å². The Labute approximate surface area is 184 Å². The van der Waals surface area contributed by atoms with Gasteiger partial charge in [0.25, 0.3) is 0 Å². The molecule has 1 heterocycles. The van der Waals surface area contributed by atoms with Crippen LogP contribution in [0.25, 0.3) is 0 Å². The Morgan fingerprint density at radius 1 is 1.30 bits per heavy atom. The standard InChI is InChI=1S/C23H35N5OS/c1-5-7-15-28-22(20(6-2)27(3)4)25-26-23(28)30-16-21(29)24-19-14-10-12-17-11-8-9-13-18(17)19/h8-9,11,13,19-20H,5-7,10,12,14-16H2,1-4H3,(H,24,29)/t19-,20-/m1/s1. The third-order valence-corrected chi connectivity index (χ3v) is 6.79. The van der Waals surface area contributed by atoms with Crippen LogP contribution >= 0.6 is 11.8 Å². The van der Waals surface area contributed by atoms with Gasteiger partial charge in [0.05, 0.1) is 17.8 Å². The van der Waals surface area contributed by atoms with Gasteiger partial charge in [0.15, 0.2) is 11.0 Å². The van der Waals surface area contributed by atoms with E-state index in [0.717, 1.165) is 56.1 Å². The molecule has 164 valence electrons. The topological polar surface area (TPSA) is 63.1 Å². The van der Waals surface area contributed by atoms with Gasteiger partial charge in [0.1, 0.15) is 0 Å². The van der Waals surface area contributed by atoms with Crippen LogP contribution < -0.4 is 5.32 Å². The fourth-order valence-electron chi connectivity index (χ4n) is 4.23. The molecule has 1 N–H and O–H groups in total. The molecule has 3 rings (SSSR count). The first-order valence-electron chi connectivity index (χ1n) is 11.1. The van der Waals surface area contributed by atoms with E-state index in [-0.39, 0.29) is 18.0 Å². The molecule has 30 heavy (non-hydrogen) atoms. The summed E-state index contributed by atoms with van der Waals surface area (Å²) in [7, 11) is 4.16. The van der Waals surface area contributed by atoms with Crippen molar-refractivity contribution in [3.63, 3.8) is 0 Å². The number of rotatable bonds is 10. The van der Waals surface area contributed by atoms with Gasteiger partial charge in [0.2, 0.25) is 5.91 Å². The maximum Gasteiger partial charge on any atom is 0.230 e. The van der Waals surface area contributed by atoms with Crippen molar-refractivity contribution in [3.8, 4) is 0 Å². The monoisotopic (exact) mass is 429 g/mol. The fraction of sp³-hybridized carbons (Fsp3) is 0.609. The lowest BCUT2D eigenvalue weighted by atomic mass is 9.88. The molecule has 7 heteroatoms. The van der Waals surface area contributed by atoms with Crippen molar-refractivity contribution in [2.24, 2.45) is 0 Å². The molecule has 1 aliphatic rings. The van der Waals surface area contributed by atoms with Crippen LogP contribution in [0, 0.1) is 0 Å². The van der Waals surface area contributed by atoms with Gasteiger partial charge in [-0.15, -0.1) is 10.2 Å². The number of carbonyl (C=O) groups is 1. The smallest absolute Gasteiger partial charge is 0.230 e. The predicted octanol–water partition coefficient (Wildman–Crippen LogP) is 4.38. The second-order valence-electron chi connectivity index (χ2n) is 8.23. The van der Waals surface area contributed by atoms with E-state index in [1.165, 1.54) is 22.9 Å². The molecule has 2 aromatic rings. The number of thioether (sulfide) groups is 1. The summed E-state index contributed by atoms with van der Waals surface area (Å²) in [6, 6.07) is 8.81. The summed E-state index contributed by atoms with van der Waals surface area (Å²) in [5.41, 5.74) is 2.63. The number of benzene rings is 1. The number of hydrogen-bond donors (Lipinski definition) is 1. The number of carbonyl (C=O) groups excluding carboxylic acids is 1. The van der Waals surface area contributed by atoms with Crippen LogP contribution in [0.5, 0.6) is 0 Å². The van der Waals surface area contributed by atoms with Crippen LogP contribution in [0.15, 0.2) is 29.4 Å². The highest BCUT2D eigenvalue weighted by Crippen LogP contribution is 2.30. The molecule has 0 saturated heterocycles. The van der Waals surface area contributed by atoms with Crippen LogP contribution in [0.1, 0.15) is 75.0 Å². The van der Waals surface area contributed by atoms with E-state index >= 15 is 0 Å². The molecule has 0 spiro atoms. The lowest BCUT2D eigenvalue weighted by molar-refractivity contribution is -0.119. The van der Waals surface area contributed by atoms with Gasteiger partial charge < -0.3 is 9.88 Å². The number of aromatic nitrogens is 3. The Kier molecular flexibility index (Phi) is 8.33. The quantitative estimate of drug-likeness (QED) is 0.568. The number of nitrogens with zero attached hydrogens (tertiary/aromatic N) is 4. The maximum atomic E-state index is 12.7. The number of nitrogens with one attached hydrogen (secondary N) is 1. The average Bonchev–Trinajstić information content (AvgIpc) is 3.13. The molecule has 0 unspecified atom stereocenters. The molecule has 6 nitrogen and oxygen atoms in total. The summed E-state index contributed by atoms with van der Waals surface area (Å²) >= 11 is 1.49. The van der Waals surface area contributed by atoms with Crippen LogP contribution in [0.2, 0.25) is 0 Å². The first-order valence-corrected chi connectivity index (χ1v) is 12.1. The second kappa shape index (κ2) is 11.0. The van der Waals surface area contributed by atoms with E-state index in [9.17, 15) is 4.79 Å². The lowest BCUT2D eigenvalue weighted by Gasteiger charge is -2.26. The third-order valence-electron chi connectivity index (χ3n) is 5.83. The number of aryl methyl sites for hydroxylation is 1. The minimum atomic E-state index is 0.0629. The van der Waals surface area contributed by atoms with E-state index in [0.29, 0.717) is 5.75 Å². The van der Waals surface area contributed by atoms with E-state index in [1.54, 1.807) is 0 Å². The van der Waals surface area contributed by atoms with Crippen LogP contribution in [0.3, 0.4) is 0 Å². The molecule has 0 radical (unpaired) electrons. The van der Waals surface area contributed by atoms with Crippen molar-refractivity contribution in [2.75, 3.05) is 19.8 Å². The largest absolute Gasteiger partial charge is 0.349 e. The Morgan fingerprint density at radius 2 is 2.10 bits per heavy atom. The second-order valence-corrected chi connectivity index (χ2v) is 9.18. The highest BCUT2D eigenvalue weighted by molar-refractivity contribution is 7.99. The zero-order chi connectivity index (χ0) is 21.5. The number of amides is 1. The Balaban J connectivity index is 1.66. The van der Waals surface area contributed by atoms with Crippen molar-refractivity contribution in [1.29, 1.82) is 0 Å². The summed E-state index contributed by atoms with van der Waals surface area (Å²) in [5, 5.41) is 13.0. The van der Waals surface area contributed by atoms with Crippen LogP contribution in [0.4, 0.5) is 0 Å². The molecule has 2 atom stereocenters. The van der Waals surface area contributed by atoms with E-state index < -0.39 is 0 Å². The minimum Gasteiger partial charge on any atom is -0.349 e. The molecule has 1 amide bonds. The molecule has 0 bridgehead atoms. The Morgan fingerprint density at radius 3 is 2.83 bits per heavy atom. The molecule has 1 aromatic carbocycles. The van der Waals surface area contributed by atoms with Gasteiger partial charge in [-0.3, -0.25) is 9.69 Å². The molecular formula is C23H35N5OS. The Hall–Kier alpha value is -1.86. The zero-order valence-electron chi connectivity index (χ0n) is 18.7. The van der Waals surface area contributed by atoms with Gasteiger partial charge in [-0.05, 0) is 57.3 Å². The summed E-state index contributed by atoms with van der Waals surface area (Å²) in [6.45, 7) is 5.25.